The van der Waals surface area contributed by atoms with Crippen LogP contribution in [0.3, 0.4) is 0 Å². The van der Waals surface area contributed by atoms with Gasteiger partial charge in [0.05, 0.1) is 4.90 Å². The van der Waals surface area contributed by atoms with Crippen LogP contribution in [0, 0.1) is 0 Å². The number of hydrogen-bond acceptors (Lipinski definition) is 3. The van der Waals surface area contributed by atoms with Crippen molar-refractivity contribution in [3.05, 3.63) is 29.8 Å². The molecule has 1 amide bonds. The van der Waals surface area contributed by atoms with Gasteiger partial charge < -0.3 is 5.32 Å². The van der Waals surface area contributed by atoms with Crippen LogP contribution in [0.1, 0.15) is 30.1 Å². The normalized spacial score (nSPS) is 17.5. The maximum atomic E-state index is 11.8. The van der Waals surface area contributed by atoms with Gasteiger partial charge in [-0.1, -0.05) is 6.07 Å². The van der Waals surface area contributed by atoms with Crippen molar-refractivity contribution in [2.75, 3.05) is 0 Å². The standard InChI is InChI=1S/C11H14N2O3S/c1-11(5-6-11)13-10(14)8-3-2-4-9(7-8)17(12,15)16/h2-4,7H,5-6H2,1H3,(H,13,14)(H2,12,15,16). The summed E-state index contributed by atoms with van der Waals surface area (Å²) in [5.41, 5.74) is 0.180. The molecule has 0 atom stereocenters. The number of hydrogen-bond donors (Lipinski definition) is 2. The first-order valence-electron chi connectivity index (χ1n) is 5.26. The van der Waals surface area contributed by atoms with Crippen molar-refractivity contribution in [1.29, 1.82) is 0 Å². The fourth-order valence-corrected chi connectivity index (χ4v) is 2.03. The van der Waals surface area contributed by atoms with Crippen LogP contribution in [0.25, 0.3) is 0 Å². The van der Waals surface area contributed by atoms with E-state index >= 15 is 0 Å². The minimum atomic E-state index is -3.77. The zero-order valence-electron chi connectivity index (χ0n) is 9.43. The predicted octanol–water partition coefficient (Wildman–Crippen LogP) is 0.616. The van der Waals surface area contributed by atoms with Crippen molar-refractivity contribution in [1.82, 2.24) is 5.32 Å². The van der Waals surface area contributed by atoms with Crippen LogP contribution in [0.5, 0.6) is 0 Å². The summed E-state index contributed by atoms with van der Waals surface area (Å²) in [7, 11) is -3.77. The molecule has 1 aromatic carbocycles. The molecule has 1 fully saturated rings. The Balaban J connectivity index is 2.24. The highest BCUT2D eigenvalue weighted by molar-refractivity contribution is 7.89. The van der Waals surface area contributed by atoms with Crippen molar-refractivity contribution in [2.45, 2.75) is 30.2 Å². The number of benzene rings is 1. The summed E-state index contributed by atoms with van der Waals surface area (Å²) in [5.74, 6) is -0.268. The first-order chi connectivity index (χ1) is 7.80. The molecule has 0 spiro atoms. The van der Waals surface area contributed by atoms with E-state index in [4.69, 9.17) is 5.14 Å². The molecule has 0 aliphatic heterocycles. The minimum Gasteiger partial charge on any atom is -0.347 e. The molecule has 0 aromatic heterocycles. The average molecular weight is 254 g/mol. The van der Waals surface area contributed by atoms with Crippen molar-refractivity contribution >= 4 is 15.9 Å². The van der Waals surface area contributed by atoms with E-state index in [0.29, 0.717) is 5.56 Å². The van der Waals surface area contributed by atoms with E-state index in [2.05, 4.69) is 5.32 Å². The Kier molecular flexibility index (Phi) is 2.71. The van der Waals surface area contributed by atoms with Gasteiger partial charge in [-0.2, -0.15) is 0 Å². The lowest BCUT2D eigenvalue weighted by molar-refractivity contribution is 0.0935. The van der Waals surface area contributed by atoms with Gasteiger partial charge in [-0.25, -0.2) is 13.6 Å². The molecular weight excluding hydrogens is 240 g/mol. The second-order valence-electron chi connectivity index (χ2n) is 4.59. The highest BCUT2D eigenvalue weighted by atomic mass is 32.2. The summed E-state index contributed by atoms with van der Waals surface area (Å²) in [6.45, 7) is 1.95. The molecular formula is C11H14N2O3S. The molecule has 6 heteroatoms. The molecule has 0 unspecified atom stereocenters. The number of nitrogens with one attached hydrogen (secondary N) is 1. The van der Waals surface area contributed by atoms with Crippen molar-refractivity contribution < 1.29 is 13.2 Å². The largest absolute Gasteiger partial charge is 0.347 e. The van der Waals surface area contributed by atoms with Gasteiger partial charge in [0.15, 0.2) is 0 Å². The highest BCUT2D eigenvalue weighted by Crippen LogP contribution is 2.34. The third-order valence-electron chi connectivity index (χ3n) is 2.84. The Morgan fingerprint density at radius 2 is 2.06 bits per heavy atom. The van der Waals surface area contributed by atoms with E-state index in [0.717, 1.165) is 12.8 Å². The van der Waals surface area contributed by atoms with E-state index in [-0.39, 0.29) is 16.3 Å². The summed E-state index contributed by atoms with van der Waals surface area (Å²) in [6, 6.07) is 5.72. The molecule has 0 saturated heterocycles. The van der Waals surface area contributed by atoms with Crippen LogP contribution in [0.4, 0.5) is 0 Å². The summed E-state index contributed by atoms with van der Waals surface area (Å²) < 4.78 is 22.3. The zero-order chi connectivity index (χ0) is 12.7. The van der Waals surface area contributed by atoms with Crippen LogP contribution in [0.2, 0.25) is 0 Å². The molecule has 1 aromatic rings. The van der Waals surface area contributed by atoms with Gasteiger partial charge in [0, 0.05) is 11.1 Å². The summed E-state index contributed by atoms with van der Waals surface area (Å²) in [4.78, 5) is 11.8. The Labute approximate surface area is 100 Å². The van der Waals surface area contributed by atoms with Crippen LogP contribution in [-0.4, -0.2) is 19.9 Å². The number of nitrogens with two attached hydrogens (primary N) is 1. The second kappa shape index (κ2) is 3.82. The fourth-order valence-electron chi connectivity index (χ4n) is 1.47. The van der Waals surface area contributed by atoms with E-state index in [9.17, 15) is 13.2 Å². The average Bonchev–Trinajstić information content (AvgIpc) is 2.95. The van der Waals surface area contributed by atoms with E-state index in [1.54, 1.807) is 6.07 Å². The third-order valence-corrected chi connectivity index (χ3v) is 3.75. The Bertz CT molecular complexity index is 562. The molecule has 0 heterocycles. The molecule has 0 bridgehead atoms. The summed E-state index contributed by atoms with van der Waals surface area (Å²) >= 11 is 0. The van der Waals surface area contributed by atoms with Crippen LogP contribution in [-0.2, 0) is 10.0 Å². The van der Waals surface area contributed by atoms with E-state index in [1.807, 2.05) is 6.92 Å². The number of amides is 1. The molecule has 17 heavy (non-hydrogen) atoms. The number of primary sulfonamides is 1. The van der Waals surface area contributed by atoms with Crippen molar-refractivity contribution in [3.8, 4) is 0 Å². The first kappa shape index (κ1) is 12.1. The molecule has 5 nitrogen and oxygen atoms in total. The monoisotopic (exact) mass is 254 g/mol. The Morgan fingerprint density at radius 1 is 1.41 bits per heavy atom. The molecule has 92 valence electrons. The molecule has 1 saturated carbocycles. The highest BCUT2D eigenvalue weighted by Gasteiger charge is 2.38. The number of carbonyl (C=O) groups is 1. The first-order valence-corrected chi connectivity index (χ1v) is 6.80. The predicted molar refractivity (Wildman–Crippen MR) is 62.9 cm³/mol. The van der Waals surface area contributed by atoms with Crippen molar-refractivity contribution in [3.63, 3.8) is 0 Å². The van der Waals surface area contributed by atoms with E-state index in [1.165, 1.54) is 18.2 Å². The lowest BCUT2D eigenvalue weighted by atomic mass is 10.2. The molecule has 1 aliphatic carbocycles. The van der Waals surface area contributed by atoms with Crippen LogP contribution >= 0.6 is 0 Å². The molecule has 3 N–H and O–H groups in total. The Hall–Kier alpha value is -1.40. The number of rotatable bonds is 3. The maximum Gasteiger partial charge on any atom is 0.251 e. The van der Waals surface area contributed by atoms with E-state index < -0.39 is 10.0 Å². The van der Waals surface area contributed by atoms with Crippen LogP contribution < -0.4 is 10.5 Å². The quantitative estimate of drug-likeness (QED) is 0.828. The molecule has 1 aliphatic rings. The third kappa shape index (κ3) is 2.83. The van der Waals surface area contributed by atoms with Gasteiger partial charge in [-0.3, -0.25) is 4.79 Å². The van der Waals surface area contributed by atoms with Gasteiger partial charge >= 0.3 is 0 Å². The van der Waals surface area contributed by atoms with Gasteiger partial charge in [0.1, 0.15) is 0 Å². The Morgan fingerprint density at radius 3 is 2.59 bits per heavy atom. The minimum absolute atomic E-state index is 0.0499. The fraction of sp³-hybridized carbons (Fsp3) is 0.364. The lowest BCUT2D eigenvalue weighted by Crippen LogP contribution is -2.34. The molecule has 2 rings (SSSR count). The number of sulfonamides is 1. The van der Waals surface area contributed by atoms with Gasteiger partial charge in [0.2, 0.25) is 10.0 Å². The van der Waals surface area contributed by atoms with Gasteiger partial charge in [-0.05, 0) is 38.0 Å². The van der Waals surface area contributed by atoms with Gasteiger partial charge in [0.25, 0.3) is 5.91 Å². The maximum absolute atomic E-state index is 11.8. The molecule has 0 radical (unpaired) electrons. The van der Waals surface area contributed by atoms with Crippen molar-refractivity contribution in [2.24, 2.45) is 5.14 Å². The number of carbonyl (C=O) groups excluding carboxylic acids is 1. The van der Waals surface area contributed by atoms with Crippen LogP contribution in [0.15, 0.2) is 29.2 Å². The SMILES string of the molecule is CC1(NC(=O)c2cccc(S(N)(=O)=O)c2)CC1. The van der Waals surface area contributed by atoms with Gasteiger partial charge in [-0.15, -0.1) is 0 Å². The zero-order valence-corrected chi connectivity index (χ0v) is 10.3. The summed E-state index contributed by atoms with van der Waals surface area (Å²) in [6.07, 6.45) is 1.90. The lowest BCUT2D eigenvalue weighted by Gasteiger charge is -2.11. The topological polar surface area (TPSA) is 89.3 Å². The second-order valence-corrected chi connectivity index (χ2v) is 6.15. The smallest absolute Gasteiger partial charge is 0.251 e. The summed E-state index contributed by atoms with van der Waals surface area (Å²) in [5, 5.41) is 7.86.